The van der Waals surface area contributed by atoms with Crippen LogP contribution < -0.4 is 4.74 Å². The Balaban J connectivity index is 1.98. The van der Waals surface area contributed by atoms with Gasteiger partial charge in [-0.05, 0) is 42.5 Å². The summed E-state index contributed by atoms with van der Waals surface area (Å²) in [5.74, 6) is -1.76. The molecule has 0 heterocycles. The number of ether oxygens (including phenoxy) is 2. The minimum absolute atomic E-state index is 0.125. The number of aromatic hydroxyl groups is 1. The Bertz CT molecular complexity index is 782. The summed E-state index contributed by atoms with van der Waals surface area (Å²) in [6, 6.07) is 9.74. The third-order valence-electron chi connectivity index (χ3n) is 2.95. The van der Waals surface area contributed by atoms with Crippen LogP contribution in [0, 0.1) is 0 Å². The summed E-state index contributed by atoms with van der Waals surface area (Å²) < 4.78 is 9.74. The lowest BCUT2D eigenvalue weighted by Gasteiger charge is -2.07. The number of halogens is 1. The Morgan fingerprint density at radius 3 is 2.38 bits per heavy atom. The van der Waals surface area contributed by atoms with E-state index in [9.17, 15) is 19.5 Å². The van der Waals surface area contributed by atoms with Crippen molar-refractivity contribution in [2.24, 2.45) is 0 Å². The van der Waals surface area contributed by atoms with Gasteiger partial charge in [0.05, 0.1) is 0 Å². The second-order valence-electron chi connectivity index (χ2n) is 4.78. The van der Waals surface area contributed by atoms with Crippen LogP contribution in [0.1, 0.15) is 27.6 Å². The van der Waals surface area contributed by atoms with Gasteiger partial charge < -0.3 is 14.6 Å². The second-order valence-corrected chi connectivity index (χ2v) is 5.22. The zero-order chi connectivity index (χ0) is 17.7. The average molecular weight is 349 g/mol. The summed E-state index contributed by atoms with van der Waals surface area (Å²) >= 11 is 5.75. The van der Waals surface area contributed by atoms with Crippen LogP contribution >= 0.6 is 11.6 Å². The Labute approximate surface area is 142 Å². The number of esters is 2. The van der Waals surface area contributed by atoms with Gasteiger partial charge >= 0.3 is 11.9 Å². The maximum absolute atomic E-state index is 12.0. The van der Waals surface area contributed by atoms with E-state index in [1.54, 1.807) is 0 Å². The first kappa shape index (κ1) is 17.5. The largest absolute Gasteiger partial charge is 0.507 e. The Morgan fingerprint density at radius 1 is 1.08 bits per heavy atom. The Hall–Kier alpha value is -2.86. The summed E-state index contributed by atoms with van der Waals surface area (Å²) in [5.41, 5.74) is 0.162. The maximum atomic E-state index is 12.0. The first-order valence-corrected chi connectivity index (χ1v) is 7.22. The van der Waals surface area contributed by atoms with E-state index in [2.05, 4.69) is 0 Å². The maximum Gasteiger partial charge on any atom is 0.342 e. The highest BCUT2D eigenvalue weighted by Crippen LogP contribution is 2.22. The second kappa shape index (κ2) is 7.61. The highest BCUT2D eigenvalue weighted by atomic mass is 35.5. The molecule has 2 rings (SSSR count). The van der Waals surface area contributed by atoms with Gasteiger partial charge in [-0.1, -0.05) is 11.6 Å². The SMILES string of the molecule is CC(=O)Oc1ccc(C(=O)COC(=O)c2cc(Cl)ccc2O)cc1. The number of rotatable bonds is 5. The molecule has 0 aliphatic heterocycles. The van der Waals surface area contributed by atoms with Crippen LogP contribution in [0.15, 0.2) is 42.5 Å². The van der Waals surface area contributed by atoms with Gasteiger partial charge in [0.1, 0.15) is 17.1 Å². The molecule has 1 N–H and O–H groups in total. The molecule has 0 bridgehead atoms. The van der Waals surface area contributed by atoms with E-state index in [4.69, 9.17) is 21.1 Å². The van der Waals surface area contributed by atoms with Gasteiger partial charge in [0, 0.05) is 17.5 Å². The van der Waals surface area contributed by atoms with Gasteiger partial charge in [-0.25, -0.2) is 4.79 Å². The first-order chi connectivity index (χ1) is 11.4. The number of carbonyl (C=O) groups is 3. The lowest BCUT2D eigenvalue weighted by molar-refractivity contribution is -0.131. The van der Waals surface area contributed by atoms with Crippen molar-refractivity contribution < 1.29 is 29.0 Å². The summed E-state index contributed by atoms with van der Waals surface area (Å²) in [5, 5.41) is 9.86. The van der Waals surface area contributed by atoms with Crippen LogP contribution in [0.25, 0.3) is 0 Å². The van der Waals surface area contributed by atoms with E-state index < -0.39 is 24.3 Å². The van der Waals surface area contributed by atoms with Crippen molar-refractivity contribution in [2.45, 2.75) is 6.92 Å². The summed E-state index contributed by atoms with van der Waals surface area (Å²) in [6.45, 7) is 0.765. The minimum Gasteiger partial charge on any atom is -0.507 e. The van der Waals surface area contributed by atoms with Crippen molar-refractivity contribution in [1.29, 1.82) is 0 Å². The number of hydrogen-bond donors (Lipinski definition) is 1. The van der Waals surface area contributed by atoms with Gasteiger partial charge in [-0.15, -0.1) is 0 Å². The van der Waals surface area contributed by atoms with E-state index in [1.807, 2.05) is 0 Å². The van der Waals surface area contributed by atoms with E-state index in [0.717, 1.165) is 0 Å². The van der Waals surface area contributed by atoms with Crippen molar-refractivity contribution in [3.05, 3.63) is 58.6 Å². The fraction of sp³-hybridized carbons (Fsp3) is 0.118. The molecule has 0 atom stereocenters. The predicted octanol–water partition coefficient (Wildman–Crippen LogP) is 3.01. The smallest absolute Gasteiger partial charge is 0.342 e. The molecule has 0 saturated carbocycles. The molecule has 2 aromatic carbocycles. The molecule has 2 aromatic rings. The summed E-state index contributed by atoms with van der Waals surface area (Å²) in [4.78, 5) is 34.7. The molecule has 0 saturated heterocycles. The lowest BCUT2D eigenvalue weighted by Crippen LogP contribution is -2.14. The monoisotopic (exact) mass is 348 g/mol. The minimum atomic E-state index is -0.861. The van der Waals surface area contributed by atoms with Gasteiger partial charge in [0.15, 0.2) is 12.4 Å². The predicted molar refractivity (Wildman–Crippen MR) is 85.5 cm³/mol. The average Bonchev–Trinajstić information content (AvgIpc) is 2.54. The highest BCUT2D eigenvalue weighted by Gasteiger charge is 2.16. The standard InChI is InChI=1S/C17H13ClO6/c1-10(19)24-13-5-2-11(3-6-13)16(21)9-23-17(22)14-8-12(18)4-7-15(14)20/h2-8,20H,9H2,1H3. The molecule has 0 amide bonds. The molecule has 24 heavy (non-hydrogen) atoms. The fourth-order valence-corrected chi connectivity index (χ4v) is 2.01. The number of Topliss-reactive ketones (excluding diaryl/α,β-unsaturated/α-hetero) is 1. The van der Waals surface area contributed by atoms with E-state index in [0.29, 0.717) is 5.75 Å². The van der Waals surface area contributed by atoms with Crippen LogP contribution in [-0.4, -0.2) is 29.4 Å². The van der Waals surface area contributed by atoms with Crippen LogP contribution in [0.5, 0.6) is 11.5 Å². The van der Waals surface area contributed by atoms with Gasteiger partial charge in [-0.3, -0.25) is 9.59 Å². The fourth-order valence-electron chi connectivity index (χ4n) is 1.84. The normalized spacial score (nSPS) is 10.1. The van der Waals surface area contributed by atoms with Gasteiger partial charge in [-0.2, -0.15) is 0 Å². The Kier molecular flexibility index (Phi) is 5.55. The number of hydrogen-bond acceptors (Lipinski definition) is 6. The third kappa shape index (κ3) is 4.57. The van der Waals surface area contributed by atoms with Gasteiger partial charge in [0.25, 0.3) is 0 Å². The van der Waals surface area contributed by atoms with E-state index >= 15 is 0 Å². The summed E-state index contributed by atoms with van der Waals surface area (Å²) in [7, 11) is 0. The lowest BCUT2D eigenvalue weighted by atomic mass is 10.1. The van der Waals surface area contributed by atoms with Crippen LogP contribution in [-0.2, 0) is 9.53 Å². The molecule has 0 aliphatic rings. The zero-order valence-corrected chi connectivity index (χ0v) is 13.4. The van der Waals surface area contributed by atoms with Crippen molar-refractivity contribution >= 4 is 29.3 Å². The summed E-state index contributed by atoms with van der Waals surface area (Å²) in [6.07, 6.45) is 0. The number of ketones is 1. The van der Waals surface area contributed by atoms with Crippen LogP contribution in [0.2, 0.25) is 5.02 Å². The molecule has 0 aliphatic carbocycles. The van der Waals surface area contributed by atoms with Crippen LogP contribution in [0.3, 0.4) is 0 Å². The molecular formula is C17H13ClO6. The van der Waals surface area contributed by atoms with Crippen molar-refractivity contribution in [3.8, 4) is 11.5 Å². The number of phenolic OH excluding ortho intramolecular Hbond substituents is 1. The molecule has 7 heteroatoms. The molecule has 0 aromatic heterocycles. The molecule has 0 fully saturated rings. The van der Waals surface area contributed by atoms with Crippen LogP contribution in [0.4, 0.5) is 0 Å². The molecule has 0 spiro atoms. The number of carbonyl (C=O) groups excluding carboxylic acids is 3. The molecule has 124 valence electrons. The van der Waals surface area contributed by atoms with Crippen molar-refractivity contribution in [2.75, 3.05) is 6.61 Å². The van der Waals surface area contributed by atoms with Crippen molar-refractivity contribution in [3.63, 3.8) is 0 Å². The molecule has 0 radical (unpaired) electrons. The molecular weight excluding hydrogens is 336 g/mol. The molecule has 6 nitrogen and oxygen atoms in total. The number of phenols is 1. The quantitative estimate of drug-likeness (QED) is 0.507. The van der Waals surface area contributed by atoms with E-state index in [1.165, 1.54) is 49.4 Å². The zero-order valence-electron chi connectivity index (χ0n) is 12.6. The number of benzene rings is 2. The van der Waals surface area contributed by atoms with Gasteiger partial charge in [0.2, 0.25) is 0 Å². The van der Waals surface area contributed by atoms with Crippen molar-refractivity contribution in [1.82, 2.24) is 0 Å². The molecule has 0 unspecified atom stereocenters. The topological polar surface area (TPSA) is 89.9 Å². The van der Waals surface area contributed by atoms with E-state index in [-0.39, 0.29) is 21.9 Å². The third-order valence-corrected chi connectivity index (χ3v) is 3.19. The Morgan fingerprint density at radius 2 is 1.75 bits per heavy atom. The first-order valence-electron chi connectivity index (χ1n) is 6.84. The highest BCUT2D eigenvalue weighted by molar-refractivity contribution is 6.31.